The Morgan fingerprint density at radius 2 is 1.58 bits per heavy atom. The number of aryl methyl sites for hydroxylation is 1. The molecule has 0 bridgehead atoms. The first-order chi connectivity index (χ1) is 18.3. The summed E-state index contributed by atoms with van der Waals surface area (Å²) in [4.78, 5) is 6.87. The van der Waals surface area contributed by atoms with Crippen molar-refractivity contribution in [3.63, 3.8) is 0 Å². The van der Waals surface area contributed by atoms with Gasteiger partial charge >= 0.3 is 0 Å². The lowest BCUT2D eigenvalue weighted by Crippen LogP contribution is -2.23. The Morgan fingerprint density at radius 1 is 0.868 bits per heavy atom. The minimum atomic E-state index is -3.25. The van der Waals surface area contributed by atoms with E-state index in [9.17, 15) is 13.7 Å². The van der Waals surface area contributed by atoms with Crippen LogP contribution in [0.15, 0.2) is 102 Å². The molecule has 38 heavy (non-hydrogen) atoms. The number of rotatable bonds is 8. The van der Waals surface area contributed by atoms with E-state index < -0.39 is 9.84 Å². The highest BCUT2D eigenvalue weighted by molar-refractivity contribution is 7.90. The van der Waals surface area contributed by atoms with Gasteiger partial charge in [0.15, 0.2) is 9.84 Å². The van der Waals surface area contributed by atoms with E-state index in [1.807, 2.05) is 60.3 Å². The molecule has 0 amide bonds. The Kier molecular flexibility index (Phi) is 7.10. The average molecular weight is 521 g/mol. The van der Waals surface area contributed by atoms with Crippen molar-refractivity contribution < 1.29 is 8.42 Å². The zero-order valence-corrected chi connectivity index (χ0v) is 22.2. The van der Waals surface area contributed by atoms with Gasteiger partial charge in [0.1, 0.15) is 0 Å². The van der Waals surface area contributed by atoms with Crippen molar-refractivity contribution in [2.45, 2.75) is 24.5 Å². The predicted molar refractivity (Wildman–Crippen MR) is 150 cm³/mol. The molecule has 0 aliphatic heterocycles. The molecule has 1 aromatic heterocycles. The van der Waals surface area contributed by atoms with Crippen molar-refractivity contribution in [3.8, 4) is 17.2 Å². The second-order valence-corrected chi connectivity index (χ2v) is 11.6. The third-order valence-electron chi connectivity index (χ3n) is 6.75. The SMILES string of the molecule is Cn1cncc1CN(Cc1ccc(S(C)(=O)=O)cc1)Cc1ccc(C#N)c(-c2cccc3ccccc23)c1. The number of imidazole rings is 1. The lowest BCUT2D eigenvalue weighted by molar-refractivity contribution is 0.242. The number of benzene rings is 4. The minimum absolute atomic E-state index is 0.311. The number of aromatic nitrogens is 2. The smallest absolute Gasteiger partial charge is 0.175 e. The van der Waals surface area contributed by atoms with Crippen molar-refractivity contribution in [2.24, 2.45) is 7.05 Å². The van der Waals surface area contributed by atoms with Crippen LogP contribution in [0.25, 0.3) is 21.9 Å². The zero-order valence-electron chi connectivity index (χ0n) is 21.4. The Hall–Kier alpha value is -4.25. The van der Waals surface area contributed by atoms with E-state index in [-0.39, 0.29) is 0 Å². The summed E-state index contributed by atoms with van der Waals surface area (Å²) >= 11 is 0. The first kappa shape index (κ1) is 25.4. The first-order valence-corrected chi connectivity index (χ1v) is 14.2. The molecule has 0 unspecified atom stereocenters. The van der Waals surface area contributed by atoms with Gasteiger partial charge in [-0.1, -0.05) is 60.7 Å². The number of hydrogen-bond donors (Lipinski definition) is 0. The highest BCUT2D eigenvalue weighted by atomic mass is 32.2. The van der Waals surface area contributed by atoms with Crippen LogP contribution in [0.5, 0.6) is 0 Å². The van der Waals surface area contributed by atoms with E-state index in [0.29, 0.717) is 30.1 Å². The van der Waals surface area contributed by atoms with Crippen molar-refractivity contribution in [3.05, 3.63) is 120 Å². The fourth-order valence-electron chi connectivity index (χ4n) is 4.76. The number of nitrogens with zero attached hydrogens (tertiary/aromatic N) is 4. The molecular weight excluding hydrogens is 492 g/mol. The fourth-order valence-corrected chi connectivity index (χ4v) is 5.39. The normalized spacial score (nSPS) is 11.6. The third-order valence-corrected chi connectivity index (χ3v) is 7.88. The summed E-state index contributed by atoms with van der Waals surface area (Å²) in [6.07, 6.45) is 4.87. The molecule has 0 N–H and O–H groups in total. The lowest BCUT2D eigenvalue weighted by Gasteiger charge is -2.23. The number of nitriles is 1. The summed E-state index contributed by atoms with van der Waals surface area (Å²) in [7, 11) is -1.27. The van der Waals surface area contributed by atoms with Gasteiger partial charge in [0.25, 0.3) is 0 Å². The molecule has 0 saturated carbocycles. The Morgan fingerprint density at radius 3 is 2.29 bits per heavy atom. The maximum Gasteiger partial charge on any atom is 0.175 e. The van der Waals surface area contributed by atoms with Crippen LogP contribution in [0.2, 0.25) is 0 Å². The zero-order chi connectivity index (χ0) is 26.7. The molecular formula is C31H28N4O2S. The van der Waals surface area contributed by atoms with Crippen molar-refractivity contribution in [2.75, 3.05) is 6.26 Å². The highest BCUT2D eigenvalue weighted by Gasteiger charge is 2.15. The van der Waals surface area contributed by atoms with Gasteiger partial charge in [-0.2, -0.15) is 5.26 Å². The largest absolute Gasteiger partial charge is 0.337 e. The van der Waals surface area contributed by atoms with E-state index in [1.54, 1.807) is 18.5 Å². The van der Waals surface area contributed by atoms with Gasteiger partial charge in [-0.15, -0.1) is 0 Å². The number of hydrogen-bond acceptors (Lipinski definition) is 5. The number of fused-ring (bicyclic) bond motifs is 1. The van der Waals surface area contributed by atoms with E-state index in [2.05, 4.69) is 46.3 Å². The van der Waals surface area contributed by atoms with E-state index in [0.717, 1.165) is 38.7 Å². The summed E-state index contributed by atoms with van der Waals surface area (Å²) in [6.45, 7) is 1.93. The summed E-state index contributed by atoms with van der Waals surface area (Å²) in [5, 5.41) is 12.1. The second-order valence-electron chi connectivity index (χ2n) is 9.58. The van der Waals surface area contributed by atoms with Crippen molar-refractivity contribution >= 4 is 20.6 Å². The van der Waals surface area contributed by atoms with Crippen LogP contribution in [0.1, 0.15) is 22.4 Å². The summed E-state index contributed by atoms with van der Waals surface area (Å²) in [6, 6.07) is 29.8. The van der Waals surface area contributed by atoms with Crippen LogP contribution < -0.4 is 0 Å². The molecule has 5 rings (SSSR count). The predicted octanol–water partition coefficient (Wildman–Crippen LogP) is 5.72. The molecule has 0 radical (unpaired) electrons. The monoisotopic (exact) mass is 520 g/mol. The molecule has 5 aromatic rings. The van der Waals surface area contributed by atoms with Crippen molar-refractivity contribution in [1.82, 2.24) is 14.5 Å². The van der Waals surface area contributed by atoms with Crippen LogP contribution in [-0.2, 0) is 36.5 Å². The van der Waals surface area contributed by atoms with Gasteiger partial charge in [0.2, 0.25) is 0 Å². The molecule has 0 atom stereocenters. The maximum atomic E-state index is 11.9. The first-order valence-electron chi connectivity index (χ1n) is 12.3. The topological polar surface area (TPSA) is 79.0 Å². The lowest BCUT2D eigenvalue weighted by atomic mass is 9.93. The Bertz CT molecular complexity index is 1740. The number of sulfone groups is 1. The van der Waals surface area contributed by atoms with Crippen LogP contribution >= 0.6 is 0 Å². The molecule has 0 aliphatic rings. The molecule has 0 aliphatic carbocycles. The molecule has 7 heteroatoms. The maximum absolute atomic E-state index is 11.9. The van der Waals surface area contributed by atoms with Crippen LogP contribution in [0, 0.1) is 11.3 Å². The molecule has 190 valence electrons. The van der Waals surface area contributed by atoms with Crippen LogP contribution in [-0.4, -0.2) is 29.1 Å². The summed E-state index contributed by atoms with van der Waals surface area (Å²) in [5.74, 6) is 0. The van der Waals surface area contributed by atoms with Gasteiger partial charge < -0.3 is 4.57 Å². The molecule has 0 saturated heterocycles. The van der Waals surface area contributed by atoms with E-state index >= 15 is 0 Å². The highest BCUT2D eigenvalue weighted by Crippen LogP contribution is 2.32. The van der Waals surface area contributed by atoms with E-state index in [1.165, 1.54) is 6.26 Å². The Labute approximate surface area is 223 Å². The Balaban J connectivity index is 1.49. The molecule has 1 heterocycles. The van der Waals surface area contributed by atoms with Gasteiger partial charge in [-0.3, -0.25) is 4.90 Å². The standard InChI is InChI=1S/C31H28N4O2S/c1-34-22-33-18-27(34)21-35(19-23-11-14-28(15-12-23)38(2,36)37)20-24-10-13-26(17-32)31(16-24)30-9-5-7-25-6-3-4-8-29(25)30/h3-16,18,22H,19-21H2,1-2H3. The molecule has 0 fully saturated rings. The minimum Gasteiger partial charge on any atom is -0.337 e. The van der Waals surface area contributed by atoms with Gasteiger partial charge in [-0.05, 0) is 51.7 Å². The van der Waals surface area contributed by atoms with Gasteiger partial charge in [0.05, 0.1) is 28.5 Å². The fraction of sp³-hybridized carbons (Fsp3) is 0.161. The molecule has 4 aromatic carbocycles. The average Bonchev–Trinajstić information content (AvgIpc) is 3.32. The van der Waals surface area contributed by atoms with Gasteiger partial charge in [0, 0.05) is 44.7 Å². The second kappa shape index (κ2) is 10.6. The summed E-state index contributed by atoms with van der Waals surface area (Å²) in [5.41, 5.74) is 5.76. The molecule has 6 nitrogen and oxygen atoms in total. The van der Waals surface area contributed by atoms with E-state index in [4.69, 9.17) is 0 Å². The molecule has 0 spiro atoms. The van der Waals surface area contributed by atoms with Gasteiger partial charge in [-0.25, -0.2) is 13.4 Å². The van der Waals surface area contributed by atoms with Crippen molar-refractivity contribution in [1.29, 1.82) is 5.26 Å². The van der Waals surface area contributed by atoms with Crippen LogP contribution in [0.4, 0.5) is 0 Å². The summed E-state index contributed by atoms with van der Waals surface area (Å²) < 4.78 is 25.8. The third kappa shape index (κ3) is 5.52. The van der Waals surface area contributed by atoms with Crippen LogP contribution in [0.3, 0.4) is 0 Å². The quantitative estimate of drug-likeness (QED) is 0.262.